The fourth-order valence-electron chi connectivity index (χ4n) is 2.83. The molecule has 29 heavy (non-hydrogen) atoms. The predicted molar refractivity (Wildman–Crippen MR) is 119 cm³/mol. The normalized spacial score (nSPS) is 16.3. The van der Waals surface area contributed by atoms with Gasteiger partial charge in [0.05, 0.1) is 4.91 Å². The van der Waals surface area contributed by atoms with Gasteiger partial charge in [0.15, 0.2) is 0 Å². The Kier molecular flexibility index (Phi) is 6.95. The quantitative estimate of drug-likeness (QED) is 0.476. The van der Waals surface area contributed by atoms with Crippen LogP contribution in [0.4, 0.5) is 0 Å². The van der Waals surface area contributed by atoms with Gasteiger partial charge in [0, 0.05) is 10.6 Å². The van der Waals surface area contributed by atoms with Gasteiger partial charge in [0.2, 0.25) is 0 Å². The van der Waals surface area contributed by atoms with Crippen LogP contribution >= 0.6 is 35.6 Å². The first-order chi connectivity index (χ1) is 13.9. The third-order valence-electron chi connectivity index (χ3n) is 4.32. The van der Waals surface area contributed by atoms with Gasteiger partial charge in [-0.05, 0) is 36.3 Å². The van der Waals surface area contributed by atoms with Crippen LogP contribution in [0.5, 0.6) is 5.75 Å². The summed E-state index contributed by atoms with van der Waals surface area (Å²) in [6.07, 6.45) is 1.96. The number of hydrogen-bond donors (Lipinski definition) is 1. The number of halogens is 1. The maximum Gasteiger partial charge on any atom is 0.326 e. The van der Waals surface area contributed by atoms with Crippen molar-refractivity contribution in [3.05, 3.63) is 69.6 Å². The van der Waals surface area contributed by atoms with Crippen LogP contribution in [-0.2, 0) is 16.2 Å². The van der Waals surface area contributed by atoms with E-state index in [-0.39, 0.29) is 10.7 Å². The second-order valence-corrected chi connectivity index (χ2v) is 8.38. The Morgan fingerprint density at radius 2 is 1.97 bits per heavy atom. The number of carbonyl (C=O) groups is 2. The zero-order valence-corrected chi connectivity index (χ0v) is 17.9. The van der Waals surface area contributed by atoms with E-state index in [0.717, 1.165) is 17.3 Å². The van der Waals surface area contributed by atoms with Crippen LogP contribution in [0, 0.1) is 0 Å². The number of carboxylic acid groups (broad SMARTS) is 1. The number of carboxylic acids is 1. The highest BCUT2D eigenvalue weighted by Gasteiger charge is 2.39. The summed E-state index contributed by atoms with van der Waals surface area (Å²) in [6, 6.07) is 13.7. The molecular formula is C21H18ClNO4S2. The van der Waals surface area contributed by atoms with Crippen molar-refractivity contribution < 1.29 is 19.4 Å². The molecule has 0 aliphatic carbocycles. The number of thiocarbonyl (C=S) groups is 1. The van der Waals surface area contributed by atoms with Crippen LogP contribution in [0.1, 0.15) is 24.5 Å². The van der Waals surface area contributed by atoms with Crippen molar-refractivity contribution in [2.45, 2.75) is 26.0 Å². The van der Waals surface area contributed by atoms with Crippen LogP contribution in [0.15, 0.2) is 53.4 Å². The van der Waals surface area contributed by atoms with Crippen LogP contribution < -0.4 is 4.74 Å². The van der Waals surface area contributed by atoms with E-state index in [1.54, 1.807) is 25.1 Å². The molecule has 1 aliphatic heterocycles. The fourth-order valence-corrected chi connectivity index (χ4v) is 4.30. The van der Waals surface area contributed by atoms with Gasteiger partial charge in [0.25, 0.3) is 5.91 Å². The molecule has 2 aromatic rings. The number of amides is 1. The maximum atomic E-state index is 12.8. The van der Waals surface area contributed by atoms with Gasteiger partial charge in [-0.3, -0.25) is 9.69 Å². The molecular weight excluding hydrogens is 430 g/mol. The van der Waals surface area contributed by atoms with Crippen LogP contribution in [0.3, 0.4) is 0 Å². The predicted octanol–water partition coefficient (Wildman–Crippen LogP) is 4.98. The summed E-state index contributed by atoms with van der Waals surface area (Å²) in [5.41, 5.74) is 1.67. The number of ether oxygens (including phenoxy) is 1. The van der Waals surface area contributed by atoms with Crippen LogP contribution in [-0.4, -0.2) is 32.2 Å². The third-order valence-corrected chi connectivity index (χ3v) is 5.90. The molecule has 0 radical (unpaired) electrons. The average Bonchev–Trinajstić information content (AvgIpc) is 2.97. The zero-order chi connectivity index (χ0) is 21.0. The standard InChI is InChI=1S/C21H18ClNO4S2/c1-2-16(20(25)26)23-19(24)18(29-21(23)28)11-14-5-3-4-6-17(14)27-12-13-7-9-15(22)10-8-13/h3-11,16H,2,12H2,1H3,(H,25,26)/b18-11+/t16-/m0/s1. The lowest BCUT2D eigenvalue weighted by Gasteiger charge is -2.21. The Morgan fingerprint density at radius 1 is 1.28 bits per heavy atom. The highest BCUT2D eigenvalue weighted by atomic mass is 35.5. The lowest BCUT2D eigenvalue weighted by atomic mass is 10.1. The summed E-state index contributed by atoms with van der Waals surface area (Å²) in [4.78, 5) is 25.8. The topological polar surface area (TPSA) is 66.8 Å². The highest BCUT2D eigenvalue weighted by molar-refractivity contribution is 8.26. The van der Waals surface area contributed by atoms with Crippen molar-refractivity contribution in [3.8, 4) is 5.75 Å². The minimum Gasteiger partial charge on any atom is -0.488 e. The van der Waals surface area contributed by atoms with E-state index in [9.17, 15) is 14.7 Å². The summed E-state index contributed by atoms with van der Waals surface area (Å²) >= 11 is 12.3. The van der Waals surface area contributed by atoms with E-state index < -0.39 is 17.9 Å². The van der Waals surface area contributed by atoms with Gasteiger partial charge in [-0.2, -0.15) is 0 Å². The van der Waals surface area contributed by atoms with Gasteiger partial charge in [-0.15, -0.1) is 0 Å². The van der Waals surface area contributed by atoms with E-state index in [2.05, 4.69) is 0 Å². The molecule has 1 fully saturated rings. The largest absolute Gasteiger partial charge is 0.488 e. The maximum absolute atomic E-state index is 12.8. The molecule has 0 aromatic heterocycles. The molecule has 8 heteroatoms. The summed E-state index contributed by atoms with van der Waals surface area (Å²) in [5.74, 6) is -0.864. The number of rotatable bonds is 7. The molecule has 0 spiro atoms. The van der Waals surface area contributed by atoms with Crippen LogP contribution in [0.25, 0.3) is 6.08 Å². The minimum absolute atomic E-state index is 0.245. The van der Waals surface area contributed by atoms with Crippen molar-refractivity contribution in [2.24, 2.45) is 0 Å². The number of aliphatic carboxylic acids is 1. The summed E-state index contributed by atoms with van der Waals surface area (Å²) in [5, 5.41) is 10.0. The van der Waals surface area contributed by atoms with Crippen molar-refractivity contribution in [3.63, 3.8) is 0 Å². The van der Waals surface area contributed by atoms with Crippen molar-refractivity contribution in [1.29, 1.82) is 0 Å². The molecule has 1 heterocycles. The molecule has 2 aromatic carbocycles. The number of thioether (sulfide) groups is 1. The molecule has 0 unspecified atom stereocenters. The summed E-state index contributed by atoms with van der Waals surface area (Å²) in [6.45, 7) is 2.06. The SMILES string of the molecule is CC[C@@H](C(=O)O)N1C(=O)/C(=C\c2ccccc2OCc2ccc(Cl)cc2)SC1=S. The highest BCUT2D eigenvalue weighted by Crippen LogP contribution is 2.36. The molecule has 150 valence electrons. The smallest absolute Gasteiger partial charge is 0.326 e. The lowest BCUT2D eigenvalue weighted by molar-refractivity contribution is -0.145. The Bertz CT molecular complexity index is 975. The molecule has 1 atom stereocenters. The first-order valence-corrected chi connectivity index (χ1v) is 10.5. The van der Waals surface area contributed by atoms with Crippen molar-refractivity contribution in [2.75, 3.05) is 0 Å². The summed E-state index contributed by atoms with van der Waals surface area (Å²) < 4.78 is 6.17. The van der Waals surface area contributed by atoms with Crippen molar-refractivity contribution in [1.82, 2.24) is 4.90 Å². The van der Waals surface area contributed by atoms with E-state index in [0.29, 0.717) is 27.8 Å². The Labute approximate surface area is 183 Å². The van der Waals surface area contributed by atoms with Gasteiger partial charge >= 0.3 is 5.97 Å². The number of para-hydroxylation sites is 1. The molecule has 1 N–H and O–H groups in total. The monoisotopic (exact) mass is 447 g/mol. The molecule has 0 bridgehead atoms. The molecule has 3 rings (SSSR count). The number of benzene rings is 2. The second kappa shape index (κ2) is 9.43. The van der Waals surface area contributed by atoms with Gasteiger partial charge in [-0.1, -0.05) is 72.8 Å². The Morgan fingerprint density at radius 3 is 2.62 bits per heavy atom. The first kappa shape index (κ1) is 21.4. The van der Waals surface area contributed by atoms with E-state index >= 15 is 0 Å². The molecule has 5 nitrogen and oxygen atoms in total. The lowest BCUT2D eigenvalue weighted by Crippen LogP contribution is -2.43. The minimum atomic E-state index is -1.07. The molecule has 1 aliphatic rings. The zero-order valence-electron chi connectivity index (χ0n) is 15.5. The molecule has 1 amide bonds. The van der Waals surface area contributed by atoms with E-state index in [1.165, 1.54) is 4.90 Å². The molecule has 1 saturated heterocycles. The second-order valence-electron chi connectivity index (χ2n) is 6.27. The van der Waals surface area contributed by atoms with Crippen LogP contribution in [0.2, 0.25) is 5.02 Å². The third kappa shape index (κ3) is 4.98. The Balaban J connectivity index is 1.81. The number of carbonyl (C=O) groups excluding carboxylic acids is 1. The van der Waals surface area contributed by atoms with E-state index in [1.807, 2.05) is 36.4 Å². The molecule has 0 saturated carbocycles. The fraction of sp³-hybridized carbons (Fsp3) is 0.190. The summed E-state index contributed by atoms with van der Waals surface area (Å²) in [7, 11) is 0. The van der Waals surface area contributed by atoms with Crippen molar-refractivity contribution >= 4 is 57.9 Å². The van der Waals surface area contributed by atoms with Gasteiger partial charge in [0.1, 0.15) is 22.7 Å². The first-order valence-electron chi connectivity index (χ1n) is 8.87. The number of hydrogen-bond acceptors (Lipinski definition) is 5. The average molecular weight is 448 g/mol. The van der Waals surface area contributed by atoms with Gasteiger partial charge < -0.3 is 9.84 Å². The number of nitrogens with zero attached hydrogens (tertiary/aromatic N) is 1. The van der Waals surface area contributed by atoms with E-state index in [4.69, 9.17) is 28.6 Å². The Hall–Kier alpha value is -2.35. The van der Waals surface area contributed by atoms with Gasteiger partial charge in [-0.25, -0.2) is 4.79 Å².